The van der Waals surface area contributed by atoms with Crippen molar-refractivity contribution in [2.45, 2.75) is 26.5 Å². The summed E-state index contributed by atoms with van der Waals surface area (Å²) in [6.45, 7) is 5.04. The van der Waals surface area contributed by atoms with Gasteiger partial charge in [-0.1, -0.05) is 55.8 Å². The Morgan fingerprint density at radius 2 is 1.67 bits per heavy atom. The maximum absolute atomic E-state index is 13.3. The zero-order valence-electron chi connectivity index (χ0n) is 18.6. The first-order valence-corrected chi connectivity index (χ1v) is 11.1. The van der Waals surface area contributed by atoms with Gasteiger partial charge < -0.3 is 19.9 Å². The standard InChI is InChI=1S/C24H27ClFN3O4/c1-16(2)21(27-24(32)33-15-17-6-4-3-5-7-17)23(31)29-12-10-28(11-13-29)22(30)19-9-8-18(26)14-20(19)25/h3-9,14,16,21H,10-13,15H2,1-2H3,(H,27,32)/t21-/m0/s1. The van der Waals surface area contributed by atoms with Gasteiger partial charge in [-0.2, -0.15) is 0 Å². The molecule has 3 amide bonds. The van der Waals surface area contributed by atoms with Gasteiger partial charge in [-0.25, -0.2) is 9.18 Å². The van der Waals surface area contributed by atoms with E-state index < -0.39 is 18.0 Å². The lowest BCUT2D eigenvalue weighted by Crippen LogP contribution is -2.57. The maximum atomic E-state index is 13.3. The summed E-state index contributed by atoms with van der Waals surface area (Å²) in [5, 5.41) is 2.72. The van der Waals surface area contributed by atoms with Crippen LogP contribution in [0.15, 0.2) is 48.5 Å². The number of piperazine rings is 1. The van der Waals surface area contributed by atoms with Crippen molar-refractivity contribution in [1.82, 2.24) is 15.1 Å². The quantitative estimate of drug-likeness (QED) is 0.690. The van der Waals surface area contributed by atoms with Gasteiger partial charge in [-0.15, -0.1) is 0 Å². The first-order chi connectivity index (χ1) is 15.8. The van der Waals surface area contributed by atoms with E-state index in [4.69, 9.17) is 16.3 Å². The fourth-order valence-corrected chi connectivity index (χ4v) is 3.81. The smallest absolute Gasteiger partial charge is 0.408 e. The summed E-state index contributed by atoms with van der Waals surface area (Å²) in [5.41, 5.74) is 1.07. The fourth-order valence-electron chi connectivity index (χ4n) is 3.57. The lowest BCUT2D eigenvalue weighted by molar-refractivity contribution is -0.135. The van der Waals surface area contributed by atoms with E-state index in [0.29, 0.717) is 26.2 Å². The summed E-state index contributed by atoms with van der Waals surface area (Å²) < 4.78 is 18.5. The zero-order chi connectivity index (χ0) is 24.0. The van der Waals surface area contributed by atoms with Gasteiger partial charge in [0.05, 0.1) is 10.6 Å². The topological polar surface area (TPSA) is 79.0 Å². The number of rotatable bonds is 6. The number of amides is 3. The van der Waals surface area contributed by atoms with Crippen molar-refractivity contribution in [3.05, 3.63) is 70.5 Å². The van der Waals surface area contributed by atoms with Gasteiger partial charge in [0.2, 0.25) is 5.91 Å². The van der Waals surface area contributed by atoms with Crippen LogP contribution in [-0.2, 0) is 16.1 Å². The Labute approximate surface area is 197 Å². The summed E-state index contributed by atoms with van der Waals surface area (Å²) in [5.74, 6) is -1.20. The minimum atomic E-state index is -0.748. The van der Waals surface area contributed by atoms with Crippen LogP contribution in [0.3, 0.4) is 0 Å². The first kappa shape index (κ1) is 24.5. The molecule has 1 N–H and O–H groups in total. The molecule has 0 saturated carbocycles. The van der Waals surface area contributed by atoms with E-state index in [2.05, 4.69) is 5.32 Å². The molecular weight excluding hydrogens is 449 g/mol. The van der Waals surface area contributed by atoms with Crippen LogP contribution in [0.2, 0.25) is 5.02 Å². The van der Waals surface area contributed by atoms with E-state index in [1.165, 1.54) is 12.1 Å². The highest BCUT2D eigenvalue weighted by Crippen LogP contribution is 2.20. The Bertz CT molecular complexity index is 994. The molecule has 33 heavy (non-hydrogen) atoms. The second-order valence-corrected chi connectivity index (χ2v) is 8.58. The van der Waals surface area contributed by atoms with Crippen LogP contribution >= 0.6 is 11.6 Å². The molecule has 0 aliphatic carbocycles. The van der Waals surface area contributed by atoms with E-state index in [1.54, 1.807) is 9.80 Å². The van der Waals surface area contributed by atoms with Crippen molar-refractivity contribution in [2.24, 2.45) is 5.92 Å². The highest BCUT2D eigenvalue weighted by molar-refractivity contribution is 6.33. The molecular formula is C24H27ClFN3O4. The van der Waals surface area contributed by atoms with E-state index >= 15 is 0 Å². The molecule has 2 aromatic carbocycles. The fraction of sp³-hybridized carbons (Fsp3) is 0.375. The number of ether oxygens (including phenoxy) is 1. The van der Waals surface area contributed by atoms with Crippen molar-refractivity contribution >= 4 is 29.5 Å². The average Bonchev–Trinajstić information content (AvgIpc) is 2.81. The second-order valence-electron chi connectivity index (χ2n) is 8.17. The Hall–Kier alpha value is -3.13. The molecule has 2 aromatic rings. The van der Waals surface area contributed by atoms with Gasteiger partial charge >= 0.3 is 6.09 Å². The number of alkyl carbamates (subject to hydrolysis) is 1. The predicted octanol–water partition coefficient (Wildman–Crippen LogP) is 3.71. The van der Waals surface area contributed by atoms with Gasteiger partial charge in [0.15, 0.2) is 0 Å². The lowest BCUT2D eigenvalue weighted by Gasteiger charge is -2.37. The van der Waals surface area contributed by atoms with E-state index in [-0.39, 0.29) is 34.9 Å². The number of hydrogen-bond acceptors (Lipinski definition) is 4. The molecule has 7 nitrogen and oxygen atoms in total. The number of hydrogen-bond donors (Lipinski definition) is 1. The van der Waals surface area contributed by atoms with Crippen LogP contribution < -0.4 is 5.32 Å². The number of benzene rings is 2. The summed E-state index contributed by atoms with van der Waals surface area (Å²) in [6.07, 6.45) is -0.661. The Balaban J connectivity index is 1.54. The third-order valence-corrected chi connectivity index (χ3v) is 5.77. The molecule has 1 aliphatic heterocycles. The molecule has 0 aromatic heterocycles. The van der Waals surface area contributed by atoms with Crippen LogP contribution in [0.5, 0.6) is 0 Å². The number of nitrogens with zero attached hydrogens (tertiary/aromatic N) is 2. The zero-order valence-corrected chi connectivity index (χ0v) is 19.3. The van der Waals surface area contributed by atoms with Crippen molar-refractivity contribution in [3.63, 3.8) is 0 Å². The van der Waals surface area contributed by atoms with Crippen LogP contribution in [0, 0.1) is 11.7 Å². The minimum absolute atomic E-state index is 0.0524. The predicted molar refractivity (Wildman–Crippen MR) is 122 cm³/mol. The Morgan fingerprint density at radius 3 is 2.27 bits per heavy atom. The van der Waals surface area contributed by atoms with Gasteiger partial charge in [0.25, 0.3) is 5.91 Å². The number of carbonyl (C=O) groups excluding carboxylic acids is 3. The number of halogens is 2. The van der Waals surface area contributed by atoms with Crippen molar-refractivity contribution in [3.8, 4) is 0 Å². The molecule has 176 valence electrons. The van der Waals surface area contributed by atoms with Crippen LogP contribution in [0.25, 0.3) is 0 Å². The van der Waals surface area contributed by atoms with Crippen molar-refractivity contribution in [2.75, 3.05) is 26.2 Å². The van der Waals surface area contributed by atoms with Crippen LogP contribution in [0.1, 0.15) is 29.8 Å². The molecule has 1 saturated heterocycles. The average molecular weight is 476 g/mol. The molecule has 0 radical (unpaired) electrons. The molecule has 0 unspecified atom stereocenters. The summed E-state index contributed by atoms with van der Waals surface area (Å²) >= 11 is 6.01. The van der Waals surface area contributed by atoms with Crippen molar-refractivity contribution in [1.29, 1.82) is 0 Å². The van der Waals surface area contributed by atoms with Gasteiger partial charge in [0, 0.05) is 26.2 Å². The maximum Gasteiger partial charge on any atom is 0.408 e. The monoisotopic (exact) mass is 475 g/mol. The largest absolute Gasteiger partial charge is 0.445 e. The molecule has 1 heterocycles. The number of carbonyl (C=O) groups is 3. The first-order valence-electron chi connectivity index (χ1n) is 10.8. The van der Waals surface area contributed by atoms with E-state index in [1.807, 2.05) is 44.2 Å². The molecule has 1 fully saturated rings. The van der Waals surface area contributed by atoms with Gasteiger partial charge in [0.1, 0.15) is 18.5 Å². The van der Waals surface area contributed by atoms with Crippen LogP contribution in [-0.4, -0.2) is 59.9 Å². The third-order valence-electron chi connectivity index (χ3n) is 5.46. The van der Waals surface area contributed by atoms with Gasteiger partial charge in [-0.05, 0) is 29.7 Å². The highest BCUT2D eigenvalue weighted by atomic mass is 35.5. The number of nitrogens with one attached hydrogen (secondary N) is 1. The minimum Gasteiger partial charge on any atom is -0.445 e. The molecule has 0 spiro atoms. The highest BCUT2D eigenvalue weighted by Gasteiger charge is 2.32. The van der Waals surface area contributed by atoms with Crippen LogP contribution in [0.4, 0.5) is 9.18 Å². The molecule has 0 bridgehead atoms. The molecule has 3 rings (SSSR count). The molecule has 1 aliphatic rings. The van der Waals surface area contributed by atoms with Crippen molar-refractivity contribution < 1.29 is 23.5 Å². The molecule has 1 atom stereocenters. The lowest BCUT2D eigenvalue weighted by atomic mass is 10.0. The molecule has 9 heteroatoms. The SMILES string of the molecule is CC(C)[C@H](NC(=O)OCc1ccccc1)C(=O)N1CCN(C(=O)c2ccc(F)cc2Cl)CC1. The Morgan fingerprint density at radius 1 is 1.03 bits per heavy atom. The second kappa shape index (κ2) is 11.1. The Kier molecular flexibility index (Phi) is 8.27. The summed E-state index contributed by atoms with van der Waals surface area (Å²) in [4.78, 5) is 41.3. The summed E-state index contributed by atoms with van der Waals surface area (Å²) in [7, 11) is 0. The van der Waals surface area contributed by atoms with E-state index in [0.717, 1.165) is 11.6 Å². The normalized spacial score (nSPS) is 14.7. The third kappa shape index (κ3) is 6.44. The van der Waals surface area contributed by atoms with E-state index in [9.17, 15) is 18.8 Å². The van der Waals surface area contributed by atoms with Gasteiger partial charge in [-0.3, -0.25) is 9.59 Å². The summed E-state index contributed by atoms with van der Waals surface area (Å²) in [6, 6.07) is 12.2.